The lowest BCUT2D eigenvalue weighted by atomic mass is 10.1. The van der Waals surface area contributed by atoms with Gasteiger partial charge in [-0.3, -0.25) is 0 Å². The fourth-order valence-electron chi connectivity index (χ4n) is 3.85. The lowest BCUT2D eigenvalue weighted by molar-refractivity contribution is -0.555. The van der Waals surface area contributed by atoms with E-state index in [1.807, 2.05) is 30.3 Å². The molecule has 30 heavy (non-hydrogen) atoms. The van der Waals surface area contributed by atoms with E-state index >= 15 is 0 Å². The van der Waals surface area contributed by atoms with Crippen molar-refractivity contribution in [1.29, 1.82) is 0 Å². The highest BCUT2D eigenvalue weighted by molar-refractivity contribution is 5.91. The molecule has 9 heteroatoms. The van der Waals surface area contributed by atoms with Crippen molar-refractivity contribution in [2.24, 2.45) is 0 Å². The lowest BCUT2D eigenvalue weighted by Crippen LogP contribution is -2.37. The van der Waals surface area contributed by atoms with Crippen LogP contribution in [0, 0.1) is 0 Å². The van der Waals surface area contributed by atoms with E-state index in [0.29, 0.717) is 24.4 Å². The molecule has 2 aromatic carbocycles. The Labute approximate surface area is 168 Å². The first kappa shape index (κ1) is 18.7. The number of hydrogen-bond donors (Lipinski definition) is 1. The van der Waals surface area contributed by atoms with Gasteiger partial charge in [0.2, 0.25) is 5.52 Å². The normalized spacial score (nSPS) is 15.2. The monoisotopic (exact) mass is 415 g/mol. The summed E-state index contributed by atoms with van der Waals surface area (Å²) in [6, 6.07) is 14.0. The Kier molecular flexibility index (Phi) is 4.28. The number of H-pyrrole nitrogens is 1. The molecule has 0 bridgehead atoms. The molecule has 0 radical (unpaired) electrons. The number of hydrogen-bond acceptors (Lipinski definition) is 3. The second kappa shape index (κ2) is 6.88. The highest BCUT2D eigenvalue weighted by atomic mass is 19.4. The largest absolute Gasteiger partial charge is 0.416 e. The predicted molar refractivity (Wildman–Crippen MR) is 105 cm³/mol. The van der Waals surface area contributed by atoms with E-state index in [0.717, 1.165) is 41.8 Å². The second-order valence-corrected chi connectivity index (χ2v) is 7.15. The zero-order valence-corrected chi connectivity index (χ0v) is 15.8. The van der Waals surface area contributed by atoms with Gasteiger partial charge in [-0.05, 0) is 36.4 Å². The van der Waals surface area contributed by atoms with Crippen LogP contribution in [0.5, 0.6) is 0 Å². The number of para-hydroxylation sites is 1. The zero-order chi connectivity index (χ0) is 20.9. The highest BCUT2D eigenvalue weighted by Crippen LogP contribution is 2.30. The number of benzene rings is 2. The first-order valence-electron chi connectivity index (χ1n) is 9.52. The van der Waals surface area contributed by atoms with Crippen LogP contribution < -0.4 is 15.0 Å². The number of anilines is 1. The molecule has 0 unspecified atom stereocenters. The number of aromatic amines is 1. The molecule has 4 aromatic rings. The Hall–Kier alpha value is -3.33. The van der Waals surface area contributed by atoms with Crippen molar-refractivity contribution in [2.75, 3.05) is 31.2 Å². The fourth-order valence-corrected chi connectivity index (χ4v) is 3.85. The number of alkyl halides is 3. The van der Waals surface area contributed by atoms with Gasteiger partial charge in [-0.1, -0.05) is 22.0 Å². The quantitative estimate of drug-likeness (QED) is 0.513. The van der Waals surface area contributed by atoms with Gasteiger partial charge in [0.15, 0.2) is 11.2 Å². The van der Waals surface area contributed by atoms with Gasteiger partial charge in [0.1, 0.15) is 0 Å². The summed E-state index contributed by atoms with van der Waals surface area (Å²) in [4.78, 5) is 15.3. The molecule has 154 valence electrons. The molecule has 3 heterocycles. The molecule has 0 saturated carbocycles. The summed E-state index contributed by atoms with van der Waals surface area (Å²) in [6.45, 7) is 2.67. The average Bonchev–Trinajstić information content (AvgIpc) is 3.10. The molecular formula is C21H18F3N4O2+. The smallest absolute Gasteiger partial charge is 0.378 e. The summed E-state index contributed by atoms with van der Waals surface area (Å²) in [6.07, 6.45) is -4.43. The number of morpholine rings is 1. The summed E-state index contributed by atoms with van der Waals surface area (Å²) >= 11 is 0. The lowest BCUT2D eigenvalue weighted by Gasteiger charge is -2.29. The molecule has 1 aliphatic heterocycles. The number of halogens is 3. The van der Waals surface area contributed by atoms with E-state index in [1.54, 1.807) is 4.52 Å². The van der Waals surface area contributed by atoms with E-state index in [2.05, 4.69) is 10.1 Å². The maximum atomic E-state index is 13.1. The van der Waals surface area contributed by atoms with Gasteiger partial charge in [-0.25, -0.2) is 4.79 Å². The Morgan fingerprint density at radius 1 is 0.967 bits per heavy atom. The van der Waals surface area contributed by atoms with Gasteiger partial charge in [0.25, 0.3) is 0 Å². The standard InChI is InChI=1S/C21H17F3N4O2/c22-21(23,24)14-5-7-15(8-6-14)27-20(29)19-13-18(26-9-11-30-12-10-26)16-3-1-2-4-17(16)28(19)25-27/h1-8,13H,9-12H2/p+1. The van der Waals surface area contributed by atoms with E-state index < -0.39 is 11.7 Å². The molecule has 1 saturated heterocycles. The van der Waals surface area contributed by atoms with E-state index in [1.165, 1.54) is 16.8 Å². The molecule has 0 amide bonds. The Morgan fingerprint density at radius 3 is 2.37 bits per heavy atom. The Balaban J connectivity index is 1.70. The summed E-state index contributed by atoms with van der Waals surface area (Å²) in [5, 5.41) is 3.98. The summed E-state index contributed by atoms with van der Waals surface area (Å²) < 4.78 is 47.0. The molecule has 0 spiro atoms. The third kappa shape index (κ3) is 3.02. The number of rotatable bonds is 2. The zero-order valence-electron chi connectivity index (χ0n) is 15.8. The van der Waals surface area contributed by atoms with Crippen molar-refractivity contribution in [3.8, 4) is 5.69 Å². The molecule has 1 N–H and O–H groups in total. The van der Waals surface area contributed by atoms with E-state index in [9.17, 15) is 18.0 Å². The van der Waals surface area contributed by atoms with Crippen molar-refractivity contribution in [3.63, 3.8) is 0 Å². The van der Waals surface area contributed by atoms with Crippen LogP contribution in [0.15, 0.2) is 59.4 Å². The molecule has 5 rings (SSSR count). The van der Waals surface area contributed by atoms with Gasteiger partial charge in [-0.15, -0.1) is 4.52 Å². The van der Waals surface area contributed by atoms with Crippen molar-refractivity contribution in [3.05, 3.63) is 70.5 Å². The number of fused-ring (bicyclic) bond motifs is 3. The maximum Gasteiger partial charge on any atom is 0.416 e. The first-order chi connectivity index (χ1) is 14.4. The van der Waals surface area contributed by atoms with Crippen LogP contribution in [0.1, 0.15) is 5.56 Å². The van der Waals surface area contributed by atoms with E-state index in [-0.39, 0.29) is 5.56 Å². The molecule has 0 atom stereocenters. The predicted octanol–water partition coefficient (Wildman–Crippen LogP) is 2.91. The van der Waals surface area contributed by atoms with Crippen molar-refractivity contribution in [1.82, 2.24) is 9.90 Å². The molecule has 6 nitrogen and oxygen atoms in total. The molecule has 2 aromatic heterocycles. The van der Waals surface area contributed by atoms with Crippen molar-refractivity contribution >= 4 is 22.1 Å². The number of pyridine rings is 1. The van der Waals surface area contributed by atoms with Crippen LogP contribution in [0.3, 0.4) is 0 Å². The minimum atomic E-state index is -4.43. The summed E-state index contributed by atoms with van der Waals surface area (Å²) in [7, 11) is 0. The van der Waals surface area contributed by atoms with Crippen molar-refractivity contribution < 1.29 is 22.4 Å². The van der Waals surface area contributed by atoms with Crippen LogP contribution >= 0.6 is 0 Å². The number of ether oxygens (including phenoxy) is 1. The third-order valence-corrected chi connectivity index (χ3v) is 5.36. The summed E-state index contributed by atoms with van der Waals surface area (Å²) in [5.41, 5.74) is 1.38. The van der Waals surface area contributed by atoms with Crippen LogP contribution in [-0.2, 0) is 10.9 Å². The minimum absolute atomic E-state index is 0.328. The maximum absolute atomic E-state index is 13.1. The number of nitrogens with zero attached hydrogens (tertiary/aromatic N) is 3. The topological polar surface area (TPSA) is 54.4 Å². The van der Waals surface area contributed by atoms with Gasteiger partial charge < -0.3 is 9.64 Å². The Morgan fingerprint density at radius 2 is 1.67 bits per heavy atom. The van der Waals surface area contributed by atoms with Gasteiger partial charge >= 0.3 is 11.7 Å². The second-order valence-electron chi connectivity index (χ2n) is 7.15. The number of aromatic nitrogens is 3. The first-order valence-corrected chi connectivity index (χ1v) is 9.52. The van der Waals surface area contributed by atoms with Gasteiger partial charge in [-0.2, -0.15) is 13.2 Å². The average molecular weight is 415 g/mol. The van der Waals surface area contributed by atoms with Crippen LogP contribution in [0.2, 0.25) is 0 Å². The SMILES string of the molecule is O=c1c2cc(N3CCOCC3)c3ccccc3[n+]2[nH]n1-c1ccc(C(F)(F)F)cc1. The third-order valence-electron chi connectivity index (χ3n) is 5.36. The van der Waals surface area contributed by atoms with Crippen LogP contribution in [0.4, 0.5) is 18.9 Å². The molecule has 1 fully saturated rings. The molecular weight excluding hydrogens is 397 g/mol. The summed E-state index contributed by atoms with van der Waals surface area (Å²) in [5.74, 6) is 0. The number of nitrogens with one attached hydrogen (secondary N) is 1. The van der Waals surface area contributed by atoms with Crippen molar-refractivity contribution in [2.45, 2.75) is 6.18 Å². The fraction of sp³-hybridized carbons (Fsp3) is 0.238. The molecule has 0 aliphatic carbocycles. The van der Waals surface area contributed by atoms with E-state index in [4.69, 9.17) is 4.74 Å². The highest BCUT2D eigenvalue weighted by Gasteiger charge is 2.31. The molecule has 1 aliphatic rings. The van der Waals surface area contributed by atoms with Crippen LogP contribution in [0.25, 0.3) is 22.1 Å². The van der Waals surface area contributed by atoms with Gasteiger partial charge in [0, 0.05) is 24.5 Å². The van der Waals surface area contributed by atoms with Gasteiger partial charge in [0.05, 0.1) is 24.5 Å². The minimum Gasteiger partial charge on any atom is -0.378 e. The Bertz CT molecular complexity index is 1290. The van der Waals surface area contributed by atoms with Crippen LogP contribution in [-0.4, -0.2) is 36.2 Å².